The van der Waals surface area contributed by atoms with Crippen molar-refractivity contribution in [2.75, 3.05) is 0 Å². The summed E-state index contributed by atoms with van der Waals surface area (Å²) in [4.78, 5) is 19.0. The van der Waals surface area contributed by atoms with Crippen LogP contribution in [0.15, 0.2) is 35.1 Å². The first-order chi connectivity index (χ1) is 6.77. The molecule has 70 valence electrons. The molecule has 14 heavy (non-hydrogen) atoms. The van der Waals surface area contributed by atoms with E-state index >= 15 is 0 Å². The molecule has 0 aliphatic heterocycles. The Labute approximate surface area is 80.6 Å². The molecular formula is C10H8N2O2. The number of nitrogens with zero attached hydrogens (tertiary/aromatic N) is 2. The smallest absolute Gasteiger partial charge is 0.263 e. The molecule has 0 radical (unpaired) electrons. The molecule has 0 saturated heterocycles. The van der Waals surface area contributed by atoms with E-state index in [1.54, 1.807) is 6.20 Å². The number of ketones is 1. The molecular weight excluding hydrogens is 180 g/mol. The Morgan fingerprint density at radius 1 is 1.36 bits per heavy atom. The fourth-order valence-corrected chi connectivity index (χ4v) is 1.07. The number of rotatable bonds is 2. The van der Waals surface area contributed by atoms with E-state index in [0.29, 0.717) is 11.4 Å². The summed E-state index contributed by atoms with van der Waals surface area (Å²) < 4.78 is 4.98. The van der Waals surface area contributed by atoms with Crippen molar-refractivity contribution < 1.29 is 9.21 Å². The SMILES string of the molecule is CC(=O)c1nc(-c2ccccn2)co1. The minimum Gasteiger partial charge on any atom is -0.442 e. The van der Waals surface area contributed by atoms with Gasteiger partial charge >= 0.3 is 0 Å². The van der Waals surface area contributed by atoms with Crippen LogP contribution in [-0.4, -0.2) is 15.8 Å². The van der Waals surface area contributed by atoms with Crippen molar-refractivity contribution >= 4 is 5.78 Å². The summed E-state index contributed by atoms with van der Waals surface area (Å²) in [6.45, 7) is 1.41. The average Bonchev–Trinajstić information content (AvgIpc) is 2.68. The lowest BCUT2D eigenvalue weighted by Gasteiger charge is -1.90. The lowest BCUT2D eigenvalue weighted by molar-refractivity contribution is 0.0981. The molecule has 0 spiro atoms. The van der Waals surface area contributed by atoms with Crippen LogP contribution in [0.3, 0.4) is 0 Å². The van der Waals surface area contributed by atoms with Gasteiger partial charge in [0.25, 0.3) is 5.89 Å². The molecule has 0 aliphatic carbocycles. The van der Waals surface area contributed by atoms with E-state index in [1.807, 2.05) is 18.2 Å². The Kier molecular flexibility index (Phi) is 2.10. The second kappa shape index (κ2) is 3.41. The van der Waals surface area contributed by atoms with Crippen LogP contribution in [0.2, 0.25) is 0 Å². The van der Waals surface area contributed by atoms with Gasteiger partial charge in [-0.2, -0.15) is 0 Å². The first kappa shape index (κ1) is 8.62. The van der Waals surface area contributed by atoms with Crippen LogP contribution in [0, 0.1) is 0 Å². The van der Waals surface area contributed by atoms with E-state index in [0.717, 1.165) is 0 Å². The number of hydrogen-bond donors (Lipinski definition) is 0. The standard InChI is InChI=1S/C10H8N2O2/c1-7(13)10-12-9(6-14-10)8-4-2-3-5-11-8/h2-6H,1H3. The summed E-state index contributed by atoms with van der Waals surface area (Å²) in [5.41, 5.74) is 1.28. The van der Waals surface area contributed by atoms with Crippen LogP contribution in [0.25, 0.3) is 11.4 Å². The van der Waals surface area contributed by atoms with Gasteiger partial charge in [-0.05, 0) is 12.1 Å². The van der Waals surface area contributed by atoms with Crippen LogP contribution < -0.4 is 0 Å². The fourth-order valence-electron chi connectivity index (χ4n) is 1.07. The maximum absolute atomic E-state index is 10.9. The van der Waals surface area contributed by atoms with E-state index < -0.39 is 0 Å². The summed E-state index contributed by atoms with van der Waals surface area (Å²) in [6.07, 6.45) is 3.09. The van der Waals surface area contributed by atoms with Gasteiger partial charge in [-0.25, -0.2) is 4.98 Å². The topological polar surface area (TPSA) is 56.0 Å². The molecule has 0 aromatic carbocycles. The van der Waals surface area contributed by atoms with Crippen LogP contribution in [0.5, 0.6) is 0 Å². The van der Waals surface area contributed by atoms with Crippen LogP contribution in [0.1, 0.15) is 17.6 Å². The maximum atomic E-state index is 10.9. The highest BCUT2D eigenvalue weighted by atomic mass is 16.3. The lowest BCUT2D eigenvalue weighted by Crippen LogP contribution is -1.91. The van der Waals surface area contributed by atoms with Crippen molar-refractivity contribution in [3.05, 3.63) is 36.5 Å². The van der Waals surface area contributed by atoms with Gasteiger partial charge in [0.05, 0.1) is 5.69 Å². The Bertz CT molecular complexity index is 448. The highest BCUT2D eigenvalue weighted by Gasteiger charge is 2.09. The number of carbonyl (C=O) groups excluding carboxylic acids is 1. The number of hydrogen-bond acceptors (Lipinski definition) is 4. The zero-order valence-corrected chi connectivity index (χ0v) is 7.60. The average molecular weight is 188 g/mol. The Morgan fingerprint density at radius 3 is 2.79 bits per heavy atom. The van der Waals surface area contributed by atoms with E-state index in [1.165, 1.54) is 13.2 Å². The Morgan fingerprint density at radius 2 is 2.21 bits per heavy atom. The van der Waals surface area contributed by atoms with Gasteiger partial charge in [0.1, 0.15) is 12.0 Å². The minimum absolute atomic E-state index is 0.116. The quantitative estimate of drug-likeness (QED) is 0.676. The summed E-state index contributed by atoms with van der Waals surface area (Å²) in [5.74, 6) is -0.0714. The van der Waals surface area contributed by atoms with Crippen LogP contribution in [-0.2, 0) is 0 Å². The van der Waals surface area contributed by atoms with Crippen molar-refractivity contribution in [2.45, 2.75) is 6.92 Å². The van der Waals surface area contributed by atoms with Gasteiger partial charge < -0.3 is 4.42 Å². The van der Waals surface area contributed by atoms with E-state index in [9.17, 15) is 4.79 Å². The Balaban J connectivity index is 2.39. The number of Topliss-reactive ketones (excluding diaryl/α,β-unsaturated/α-hetero) is 1. The monoisotopic (exact) mass is 188 g/mol. The van der Waals surface area contributed by atoms with Gasteiger partial charge in [-0.3, -0.25) is 9.78 Å². The second-order valence-corrected chi connectivity index (χ2v) is 2.81. The molecule has 0 amide bonds. The zero-order chi connectivity index (χ0) is 9.97. The van der Waals surface area contributed by atoms with Gasteiger partial charge in [0, 0.05) is 13.1 Å². The molecule has 2 aromatic rings. The number of oxazole rings is 1. The van der Waals surface area contributed by atoms with E-state index in [2.05, 4.69) is 9.97 Å². The molecule has 0 aliphatic rings. The fraction of sp³-hybridized carbons (Fsp3) is 0.100. The molecule has 2 heterocycles. The predicted octanol–water partition coefficient (Wildman–Crippen LogP) is 1.94. The minimum atomic E-state index is -0.188. The van der Waals surface area contributed by atoms with Gasteiger partial charge in [-0.15, -0.1) is 0 Å². The molecule has 0 fully saturated rings. The molecule has 2 aromatic heterocycles. The largest absolute Gasteiger partial charge is 0.442 e. The summed E-state index contributed by atoms with van der Waals surface area (Å²) in [5, 5.41) is 0. The molecule has 4 nitrogen and oxygen atoms in total. The summed E-state index contributed by atoms with van der Waals surface area (Å²) in [6, 6.07) is 5.47. The molecule has 0 unspecified atom stereocenters. The van der Waals surface area contributed by atoms with Gasteiger partial charge in [-0.1, -0.05) is 6.07 Å². The molecule has 2 rings (SSSR count). The predicted molar refractivity (Wildman–Crippen MR) is 49.7 cm³/mol. The first-order valence-corrected chi connectivity index (χ1v) is 4.15. The third-order valence-electron chi connectivity index (χ3n) is 1.73. The first-order valence-electron chi connectivity index (χ1n) is 4.15. The molecule has 0 saturated carbocycles. The number of pyridine rings is 1. The van der Waals surface area contributed by atoms with Crippen molar-refractivity contribution in [3.8, 4) is 11.4 Å². The second-order valence-electron chi connectivity index (χ2n) is 2.81. The third-order valence-corrected chi connectivity index (χ3v) is 1.73. The van der Waals surface area contributed by atoms with E-state index in [4.69, 9.17) is 4.42 Å². The maximum Gasteiger partial charge on any atom is 0.263 e. The van der Waals surface area contributed by atoms with Gasteiger partial charge in [0.2, 0.25) is 5.78 Å². The number of carbonyl (C=O) groups is 1. The highest BCUT2D eigenvalue weighted by Crippen LogP contribution is 2.15. The van der Waals surface area contributed by atoms with Crippen LogP contribution in [0.4, 0.5) is 0 Å². The molecule has 0 N–H and O–H groups in total. The van der Waals surface area contributed by atoms with Crippen molar-refractivity contribution in [1.82, 2.24) is 9.97 Å². The Hall–Kier alpha value is -1.97. The highest BCUT2D eigenvalue weighted by molar-refractivity contribution is 5.89. The summed E-state index contributed by atoms with van der Waals surface area (Å²) >= 11 is 0. The van der Waals surface area contributed by atoms with Gasteiger partial charge in [0.15, 0.2) is 0 Å². The zero-order valence-electron chi connectivity index (χ0n) is 7.60. The van der Waals surface area contributed by atoms with Crippen molar-refractivity contribution in [2.24, 2.45) is 0 Å². The molecule has 0 bridgehead atoms. The molecule has 0 atom stereocenters. The summed E-state index contributed by atoms with van der Waals surface area (Å²) in [7, 11) is 0. The van der Waals surface area contributed by atoms with Crippen molar-refractivity contribution in [1.29, 1.82) is 0 Å². The molecule has 4 heteroatoms. The number of aromatic nitrogens is 2. The normalized spacial score (nSPS) is 10.1. The van der Waals surface area contributed by atoms with Crippen LogP contribution >= 0.6 is 0 Å². The third kappa shape index (κ3) is 1.54. The lowest BCUT2D eigenvalue weighted by atomic mass is 10.3. The van der Waals surface area contributed by atoms with Crippen molar-refractivity contribution in [3.63, 3.8) is 0 Å². The van der Waals surface area contributed by atoms with E-state index in [-0.39, 0.29) is 11.7 Å².